The summed E-state index contributed by atoms with van der Waals surface area (Å²) in [6.07, 6.45) is 6.50. The summed E-state index contributed by atoms with van der Waals surface area (Å²) in [5.74, 6) is 0.796. The minimum Gasteiger partial charge on any atom is -0.460 e. The molecule has 0 radical (unpaired) electrons. The largest absolute Gasteiger partial charge is 0.460 e. The van der Waals surface area contributed by atoms with Crippen LogP contribution >= 0.6 is 0 Å². The Bertz CT molecular complexity index is 232. The third-order valence-electron chi connectivity index (χ3n) is 3.98. The highest BCUT2D eigenvalue weighted by molar-refractivity contribution is 5.72. The zero-order valence-corrected chi connectivity index (χ0v) is 8.45. The minimum atomic E-state index is -0.00574. The summed E-state index contributed by atoms with van der Waals surface area (Å²) >= 11 is 0. The number of piperidine rings is 1. The van der Waals surface area contributed by atoms with Gasteiger partial charge in [0.25, 0.3) is 0 Å². The summed E-state index contributed by atoms with van der Waals surface area (Å²) < 4.78 is 5.45. The number of rotatable bonds is 0. The van der Waals surface area contributed by atoms with Crippen LogP contribution in [-0.4, -0.2) is 36.1 Å². The maximum atomic E-state index is 11.4. The summed E-state index contributed by atoms with van der Waals surface area (Å²) in [7, 11) is 0. The predicted octanol–water partition coefficient (Wildman–Crippen LogP) is 1.18. The minimum absolute atomic E-state index is 0.00574. The van der Waals surface area contributed by atoms with Gasteiger partial charge in [0.15, 0.2) is 0 Å². The van der Waals surface area contributed by atoms with E-state index in [-0.39, 0.29) is 12.1 Å². The lowest BCUT2D eigenvalue weighted by molar-refractivity contribution is -0.175. The molecule has 3 atom stereocenters. The number of carbonyl (C=O) groups excluding carboxylic acids is 1. The predicted molar refractivity (Wildman–Crippen MR) is 51.8 cm³/mol. The molecule has 0 aromatic carbocycles. The maximum Gasteiger partial charge on any atom is 0.320 e. The van der Waals surface area contributed by atoms with Crippen molar-refractivity contribution in [1.82, 2.24) is 4.90 Å². The Morgan fingerprint density at radius 2 is 2.07 bits per heavy atom. The average Bonchev–Trinajstić information content (AvgIpc) is 2.18. The van der Waals surface area contributed by atoms with E-state index in [4.69, 9.17) is 4.74 Å². The van der Waals surface area contributed by atoms with Crippen molar-refractivity contribution in [1.29, 1.82) is 0 Å². The number of esters is 1. The number of ether oxygens (including phenoxy) is 1. The average molecular weight is 195 g/mol. The second-order valence-electron chi connectivity index (χ2n) is 4.82. The number of carbonyl (C=O) groups is 1. The topological polar surface area (TPSA) is 29.5 Å². The van der Waals surface area contributed by atoms with Crippen LogP contribution in [0.2, 0.25) is 0 Å². The molecule has 0 aromatic heterocycles. The molecule has 1 saturated carbocycles. The highest BCUT2D eigenvalue weighted by atomic mass is 16.5. The van der Waals surface area contributed by atoms with E-state index >= 15 is 0 Å². The first-order chi connectivity index (χ1) is 6.84. The van der Waals surface area contributed by atoms with E-state index in [1.165, 1.54) is 25.7 Å². The lowest BCUT2D eigenvalue weighted by atomic mass is 9.76. The third kappa shape index (κ3) is 1.26. The van der Waals surface area contributed by atoms with E-state index in [9.17, 15) is 4.79 Å². The van der Waals surface area contributed by atoms with Gasteiger partial charge in [-0.25, -0.2) is 0 Å². The van der Waals surface area contributed by atoms with Crippen LogP contribution in [0.1, 0.15) is 32.1 Å². The first kappa shape index (κ1) is 8.72. The number of hydrogen-bond acceptors (Lipinski definition) is 3. The summed E-state index contributed by atoms with van der Waals surface area (Å²) in [6, 6.07) is 0.565. The Kier molecular flexibility index (Phi) is 2.01. The molecule has 3 fully saturated rings. The fraction of sp³-hybridized carbons (Fsp3) is 0.909. The molecule has 78 valence electrons. The Labute approximate surface area is 84.4 Å². The van der Waals surface area contributed by atoms with Crippen molar-refractivity contribution in [2.45, 2.75) is 44.2 Å². The monoisotopic (exact) mass is 195 g/mol. The van der Waals surface area contributed by atoms with Crippen molar-refractivity contribution in [2.24, 2.45) is 5.92 Å². The maximum absolute atomic E-state index is 11.4. The Morgan fingerprint density at radius 1 is 1.21 bits per heavy atom. The van der Waals surface area contributed by atoms with Crippen molar-refractivity contribution in [3.05, 3.63) is 0 Å². The smallest absolute Gasteiger partial charge is 0.320 e. The Hall–Kier alpha value is -0.570. The van der Waals surface area contributed by atoms with Gasteiger partial charge >= 0.3 is 5.97 Å². The summed E-state index contributed by atoms with van der Waals surface area (Å²) in [4.78, 5) is 13.7. The molecule has 14 heavy (non-hydrogen) atoms. The van der Waals surface area contributed by atoms with Crippen molar-refractivity contribution >= 4 is 5.97 Å². The summed E-state index contributed by atoms with van der Waals surface area (Å²) in [6.45, 7) is 1.64. The highest BCUT2D eigenvalue weighted by Crippen LogP contribution is 2.38. The van der Waals surface area contributed by atoms with Crippen LogP contribution in [0.15, 0.2) is 0 Å². The van der Waals surface area contributed by atoms with Gasteiger partial charge in [0.1, 0.15) is 6.10 Å². The second-order valence-corrected chi connectivity index (χ2v) is 4.82. The van der Waals surface area contributed by atoms with E-state index in [1.807, 2.05) is 0 Å². The fourth-order valence-electron chi connectivity index (χ4n) is 3.47. The van der Waals surface area contributed by atoms with E-state index in [2.05, 4.69) is 4.90 Å². The first-order valence-electron chi connectivity index (χ1n) is 5.78. The molecule has 1 aliphatic carbocycles. The van der Waals surface area contributed by atoms with Gasteiger partial charge in [0, 0.05) is 0 Å². The normalized spacial score (nSPS) is 42.9. The summed E-state index contributed by atoms with van der Waals surface area (Å²) in [5.41, 5.74) is 0. The van der Waals surface area contributed by atoms with Gasteiger partial charge in [0.2, 0.25) is 0 Å². The van der Waals surface area contributed by atoms with Crippen molar-refractivity contribution < 1.29 is 9.53 Å². The Balaban J connectivity index is 1.85. The Morgan fingerprint density at radius 3 is 3.00 bits per heavy atom. The molecular weight excluding hydrogens is 178 g/mol. The van der Waals surface area contributed by atoms with E-state index in [0.29, 0.717) is 12.6 Å². The van der Waals surface area contributed by atoms with Crippen LogP contribution in [-0.2, 0) is 9.53 Å². The van der Waals surface area contributed by atoms with Crippen molar-refractivity contribution in [2.75, 3.05) is 13.1 Å². The van der Waals surface area contributed by atoms with Gasteiger partial charge in [0.05, 0.1) is 12.6 Å². The highest BCUT2D eigenvalue weighted by Gasteiger charge is 2.44. The molecule has 0 aromatic rings. The molecule has 0 amide bonds. The SMILES string of the molecule is O=C1CN2CCC[C@@H]3CCC[C@H](O1)[C@@H]32. The van der Waals surface area contributed by atoms with Gasteiger partial charge in [-0.2, -0.15) is 0 Å². The van der Waals surface area contributed by atoms with E-state index in [0.717, 1.165) is 18.9 Å². The third-order valence-corrected chi connectivity index (χ3v) is 3.98. The van der Waals surface area contributed by atoms with Crippen LogP contribution in [0, 0.1) is 5.92 Å². The molecule has 0 spiro atoms. The van der Waals surface area contributed by atoms with Crippen LogP contribution in [0.5, 0.6) is 0 Å². The standard InChI is InChI=1S/C11H17NO2/c13-10-7-12-6-2-4-8-3-1-5-9(14-10)11(8)12/h8-9,11H,1-7H2/t8-,9-,11+/m0/s1. The zero-order chi connectivity index (χ0) is 9.54. The molecule has 3 aliphatic rings. The van der Waals surface area contributed by atoms with Gasteiger partial charge in [-0.1, -0.05) is 0 Å². The summed E-state index contributed by atoms with van der Waals surface area (Å²) in [5, 5.41) is 0. The van der Waals surface area contributed by atoms with Gasteiger partial charge in [-0.05, 0) is 44.6 Å². The van der Waals surface area contributed by atoms with Crippen LogP contribution in [0.3, 0.4) is 0 Å². The fourth-order valence-corrected chi connectivity index (χ4v) is 3.47. The van der Waals surface area contributed by atoms with Gasteiger partial charge in [-0.3, -0.25) is 9.69 Å². The molecule has 3 heteroatoms. The lowest BCUT2D eigenvalue weighted by Crippen LogP contribution is -2.60. The molecule has 0 unspecified atom stereocenters. The van der Waals surface area contributed by atoms with Gasteiger partial charge in [-0.15, -0.1) is 0 Å². The quantitative estimate of drug-likeness (QED) is 0.543. The first-order valence-corrected chi connectivity index (χ1v) is 5.78. The number of morpholine rings is 1. The van der Waals surface area contributed by atoms with Gasteiger partial charge < -0.3 is 4.74 Å². The molecular formula is C11H17NO2. The van der Waals surface area contributed by atoms with Crippen LogP contribution in [0.4, 0.5) is 0 Å². The van der Waals surface area contributed by atoms with Crippen LogP contribution in [0.25, 0.3) is 0 Å². The number of hydrogen-bond donors (Lipinski definition) is 0. The zero-order valence-electron chi connectivity index (χ0n) is 8.45. The van der Waals surface area contributed by atoms with E-state index in [1.54, 1.807) is 0 Å². The molecule has 2 saturated heterocycles. The van der Waals surface area contributed by atoms with E-state index < -0.39 is 0 Å². The molecule has 2 heterocycles. The molecule has 3 nitrogen and oxygen atoms in total. The number of nitrogens with zero attached hydrogens (tertiary/aromatic N) is 1. The molecule has 3 rings (SSSR count). The molecule has 0 bridgehead atoms. The van der Waals surface area contributed by atoms with Crippen LogP contribution < -0.4 is 0 Å². The van der Waals surface area contributed by atoms with Crippen molar-refractivity contribution in [3.63, 3.8) is 0 Å². The molecule has 2 aliphatic heterocycles. The lowest BCUT2D eigenvalue weighted by Gasteiger charge is -2.50. The second kappa shape index (κ2) is 3.23. The van der Waals surface area contributed by atoms with Crippen molar-refractivity contribution in [3.8, 4) is 0 Å². The molecule has 0 N–H and O–H groups in total.